The molecule has 0 amide bonds. The van der Waals surface area contributed by atoms with E-state index in [9.17, 15) is 4.79 Å². The number of nitrogens with one attached hydrogen (secondary N) is 1. The van der Waals surface area contributed by atoms with Crippen molar-refractivity contribution in [2.24, 2.45) is 0 Å². The van der Waals surface area contributed by atoms with Crippen molar-refractivity contribution in [1.82, 2.24) is 5.48 Å². The fourth-order valence-corrected chi connectivity index (χ4v) is 0.761. The highest BCUT2D eigenvalue weighted by atomic mass is 16.7. The van der Waals surface area contributed by atoms with Gasteiger partial charge in [-0.15, -0.1) is 0 Å². The van der Waals surface area contributed by atoms with Gasteiger partial charge in [0.05, 0.1) is 0 Å². The Bertz CT molecular complexity index is 256. The zero-order valence-electron chi connectivity index (χ0n) is 6.44. The minimum Gasteiger partial charge on any atom is -0.347 e. The molecule has 0 aromatic heterocycles. The van der Waals surface area contributed by atoms with Gasteiger partial charge in [-0.25, -0.2) is 5.48 Å². The van der Waals surface area contributed by atoms with Gasteiger partial charge < -0.3 is 4.84 Å². The molecule has 1 aromatic carbocycles. The van der Waals surface area contributed by atoms with Crippen molar-refractivity contribution in [3.05, 3.63) is 42.1 Å². The largest absolute Gasteiger partial charge is 0.347 e. The van der Waals surface area contributed by atoms with Crippen molar-refractivity contribution in [3.8, 4) is 0 Å². The maximum Gasteiger partial charge on any atom is 0.320 e. The van der Waals surface area contributed by atoms with Gasteiger partial charge in [-0.2, -0.15) is 0 Å². The Hall–Kier alpha value is -1.77. The predicted octanol–water partition coefficient (Wildman–Crippen LogP) is 1.33. The molecule has 0 heterocycles. The maximum absolute atomic E-state index is 9.70. The van der Waals surface area contributed by atoms with Crippen LogP contribution in [0.2, 0.25) is 0 Å². The minimum absolute atomic E-state index is 0.329. The first-order chi connectivity index (χ1) is 5.93. The molecule has 3 nitrogen and oxygen atoms in total. The molecule has 0 saturated heterocycles. The number of hydrogen-bond acceptors (Lipinski definition) is 3. The molecule has 0 bridgehead atoms. The van der Waals surface area contributed by atoms with Gasteiger partial charge in [0, 0.05) is 6.20 Å². The van der Waals surface area contributed by atoms with Crippen LogP contribution in [0.5, 0.6) is 0 Å². The molecule has 1 N–H and O–H groups in total. The van der Waals surface area contributed by atoms with Crippen LogP contribution in [0.25, 0.3) is 6.08 Å². The highest BCUT2D eigenvalue weighted by molar-refractivity contribution is 5.48. The van der Waals surface area contributed by atoms with Crippen molar-refractivity contribution in [2.75, 3.05) is 0 Å². The Morgan fingerprint density at radius 3 is 2.67 bits per heavy atom. The second-order valence-electron chi connectivity index (χ2n) is 2.08. The van der Waals surface area contributed by atoms with Crippen LogP contribution in [0.3, 0.4) is 0 Å². The number of hydroxylamine groups is 1. The summed E-state index contributed by atoms with van der Waals surface area (Å²) in [6, 6.07) is 9.69. The summed E-state index contributed by atoms with van der Waals surface area (Å²) in [5.41, 5.74) is 3.38. The molecule has 0 aliphatic carbocycles. The van der Waals surface area contributed by atoms with Gasteiger partial charge in [0.2, 0.25) is 0 Å². The molecule has 0 fully saturated rings. The lowest BCUT2D eigenvalue weighted by molar-refractivity contribution is -0.133. The van der Waals surface area contributed by atoms with Crippen LogP contribution in [-0.2, 0) is 9.63 Å². The van der Waals surface area contributed by atoms with E-state index >= 15 is 0 Å². The second kappa shape index (κ2) is 4.96. The van der Waals surface area contributed by atoms with Crippen LogP contribution < -0.4 is 5.48 Å². The quantitative estimate of drug-likeness (QED) is 0.413. The van der Waals surface area contributed by atoms with Crippen LogP contribution in [-0.4, -0.2) is 6.47 Å². The second-order valence-corrected chi connectivity index (χ2v) is 2.08. The van der Waals surface area contributed by atoms with Crippen molar-refractivity contribution >= 4 is 12.5 Å². The van der Waals surface area contributed by atoms with Crippen LogP contribution in [0, 0.1) is 0 Å². The summed E-state index contributed by atoms with van der Waals surface area (Å²) in [7, 11) is 0. The van der Waals surface area contributed by atoms with Gasteiger partial charge in [-0.05, 0) is 11.6 Å². The van der Waals surface area contributed by atoms with E-state index < -0.39 is 0 Å². The summed E-state index contributed by atoms with van der Waals surface area (Å²) in [4.78, 5) is 13.9. The summed E-state index contributed by atoms with van der Waals surface area (Å²) < 4.78 is 0. The summed E-state index contributed by atoms with van der Waals surface area (Å²) in [6.45, 7) is 0.329. The molecule has 1 rings (SSSR count). The third kappa shape index (κ3) is 2.88. The molecule has 3 heteroatoms. The highest BCUT2D eigenvalue weighted by Gasteiger charge is 1.80. The molecule has 12 heavy (non-hydrogen) atoms. The van der Waals surface area contributed by atoms with E-state index in [0.717, 1.165) is 5.56 Å². The zero-order valence-corrected chi connectivity index (χ0v) is 6.44. The monoisotopic (exact) mass is 163 g/mol. The lowest BCUT2D eigenvalue weighted by Crippen LogP contribution is -2.03. The predicted molar refractivity (Wildman–Crippen MR) is 45.8 cm³/mol. The Kier molecular flexibility index (Phi) is 3.44. The Morgan fingerprint density at radius 2 is 2.00 bits per heavy atom. The molecule has 0 atom stereocenters. The number of carbonyl (C=O) groups excluding carboxylic acids is 1. The zero-order chi connectivity index (χ0) is 8.65. The van der Waals surface area contributed by atoms with E-state index in [1.54, 1.807) is 12.3 Å². The smallest absolute Gasteiger partial charge is 0.320 e. The van der Waals surface area contributed by atoms with Gasteiger partial charge in [-0.1, -0.05) is 30.3 Å². The lowest BCUT2D eigenvalue weighted by Gasteiger charge is -1.93. The summed E-state index contributed by atoms with van der Waals surface area (Å²) in [5, 5.41) is 0. The summed E-state index contributed by atoms with van der Waals surface area (Å²) in [6.07, 6.45) is 3.34. The first-order valence-corrected chi connectivity index (χ1v) is 3.50. The summed E-state index contributed by atoms with van der Waals surface area (Å²) >= 11 is 0. The van der Waals surface area contributed by atoms with E-state index in [0.29, 0.717) is 6.47 Å². The molecular weight excluding hydrogens is 154 g/mol. The van der Waals surface area contributed by atoms with Crippen molar-refractivity contribution in [2.45, 2.75) is 0 Å². The number of hydrogen-bond donors (Lipinski definition) is 1. The van der Waals surface area contributed by atoms with Gasteiger partial charge >= 0.3 is 6.47 Å². The molecule has 0 unspecified atom stereocenters. The van der Waals surface area contributed by atoms with E-state index in [4.69, 9.17) is 0 Å². The molecular formula is C9H9NO2. The van der Waals surface area contributed by atoms with Crippen molar-refractivity contribution in [1.29, 1.82) is 0 Å². The fraction of sp³-hybridized carbons (Fsp3) is 0. The van der Waals surface area contributed by atoms with Gasteiger partial charge in [0.25, 0.3) is 0 Å². The highest BCUT2D eigenvalue weighted by Crippen LogP contribution is 1.99. The first kappa shape index (κ1) is 8.33. The molecule has 0 radical (unpaired) electrons. The first-order valence-electron chi connectivity index (χ1n) is 3.50. The topological polar surface area (TPSA) is 38.3 Å². The normalized spacial score (nSPS) is 9.67. The fourth-order valence-electron chi connectivity index (χ4n) is 0.761. The molecule has 0 aliphatic heterocycles. The van der Waals surface area contributed by atoms with Crippen molar-refractivity contribution in [3.63, 3.8) is 0 Å². The average Bonchev–Trinajstić information content (AvgIpc) is 2.14. The Labute approximate surface area is 70.6 Å². The standard InChI is InChI=1S/C9H9NO2/c11-8-12-10-7-6-9-4-2-1-3-5-9/h1-8,10H. The van der Waals surface area contributed by atoms with Gasteiger partial charge in [0.1, 0.15) is 0 Å². The minimum atomic E-state index is 0.329. The Balaban J connectivity index is 2.41. The number of rotatable bonds is 4. The van der Waals surface area contributed by atoms with Gasteiger partial charge in [0.15, 0.2) is 0 Å². The van der Waals surface area contributed by atoms with Crippen LogP contribution in [0.15, 0.2) is 36.5 Å². The van der Waals surface area contributed by atoms with Crippen LogP contribution >= 0.6 is 0 Å². The van der Waals surface area contributed by atoms with E-state index in [2.05, 4.69) is 10.3 Å². The van der Waals surface area contributed by atoms with Crippen molar-refractivity contribution < 1.29 is 9.63 Å². The Morgan fingerprint density at radius 1 is 1.25 bits per heavy atom. The SMILES string of the molecule is O=CONC=Cc1ccccc1. The van der Waals surface area contributed by atoms with Crippen LogP contribution in [0.1, 0.15) is 5.56 Å². The third-order valence-corrected chi connectivity index (χ3v) is 1.26. The maximum atomic E-state index is 9.70. The van der Waals surface area contributed by atoms with Crippen LogP contribution in [0.4, 0.5) is 0 Å². The lowest BCUT2D eigenvalue weighted by atomic mass is 10.2. The molecule has 0 saturated carbocycles. The summed E-state index contributed by atoms with van der Waals surface area (Å²) in [5.74, 6) is 0. The van der Waals surface area contributed by atoms with Gasteiger partial charge in [-0.3, -0.25) is 4.79 Å². The van der Waals surface area contributed by atoms with E-state index in [-0.39, 0.29) is 0 Å². The molecule has 62 valence electrons. The number of carbonyl (C=O) groups is 1. The molecule has 1 aromatic rings. The molecule has 0 aliphatic rings. The van der Waals surface area contributed by atoms with E-state index in [1.165, 1.54) is 0 Å². The third-order valence-electron chi connectivity index (χ3n) is 1.26. The molecule has 0 spiro atoms. The number of benzene rings is 1. The van der Waals surface area contributed by atoms with E-state index in [1.807, 2.05) is 30.3 Å². The average molecular weight is 163 g/mol.